The summed E-state index contributed by atoms with van der Waals surface area (Å²) in [6, 6.07) is 5.56. The summed E-state index contributed by atoms with van der Waals surface area (Å²) >= 11 is 0. The lowest BCUT2D eigenvalue weighted by Crippen LogP contribution is -2.45. The zero-order valence-corrected chi connectivity index (χ0v) is 12.2. The predicted molar refractivity (Wildman–Crippen MR) is 77.4 cm³/mol. The molecule has 3 rings (SSSR count). The Kier molecular flexibility index (Phi) is 3.65. The Morgan fingerprint density at radius 2 is 2.10 bits per heavy atom. The van der Waals surface area contributed by atoms with Crippen molar-refractivity contribution in [2.24, 2.45) is 0 Å². The normalized spacial score (nSPS) is 23.5. The molecule has 0 aromatic carbocycles. The first kappa shape index (κ1) is 14.0. The molecule has 0 radical (unpaired) electrons. The molecule has 21 heavy (non-hydrogen) atoms. The molecule has 2 atom stereocenters. The number of hydrogen-bond acceptors (Lipinski definition) is 4. The topological polar surface area (TPSA) is 67.1 Å². The van der Waals surface area contributed by atoms with Gasteiger partial charge < -0.3 is 14.2 Å². The van der Waals surface area contributed by atoms with Crippen molar-refractivity contribution in [1.29, 1.82) is 0 Å². The molecule has 0 amide bonds. The number of aromatic carboxylic acids is 1. The summed E-state index contributed by atoms with van der Waals surface area (Å²) in [6.45, 7) is 6.22. The van der Waals surface area contributed by atoms with Crippen LogP contribution in [0.3, 0.4) is 0 Å². The number of ether oxygens (including phenoxy) is 1. The van der Waals surface area contributed by atoms with Gasteiger partial charge in [0.05, 0.1) is 17.9 Å². The molecule has 6 heteroatoms. The number of carboxylic acids is 1. The van der Waals surface area contributed by atoms with Crippen molar-refractivity contribution in [3.05, 3.63) is 35.8 Å². The van der Waals surface area contributed by atoms with Gasteiger partial charge in [0.2, 0.25) is 0 Å². The van der Waals surface area contributed by atoms with Crippen LogP contribution >= 0.6 is 0 Å². The van der Waals surface area contributed by atoms with Gasteiger partial charge in [-0.05, 0) is 26.0 Å². The molecule has 0 bridgehead atoms. The van der Waals surface area contributed by atoms with E-state index in [0.29, 0.717) is 12.2 Å². The Morgan fingerprint density at radius 3 is 2.76 bits per heavy atom. The molecule has 6 nitrogen and oxygen atoms in total. The second kappa shape index (κ2) is 5.46. The maximum absolute atomic E-state index is 11.4. The molecule has 2 unspecified atom stereocenters. The number of carboxylic acid groups (broad SMARTS) is 1. The first-order chi connectivity index (χ1) is 10.0. The third-order valence-electron chi connectivity index (χ3n) is 3.70. The van der Waals surface area contributed by atoms with Crippen LogP contribution in [0.15, 0.2) is 24.4 Å². The maximum Gasteiger partial charge on any atom is 0.356 e. The van der Waals surface area contributed by atoms with E-state index >= 15 is 0 Å². The molecular formula is C15H19N3O3. The van der Waals surface area contributed by atoms with Gasteiger partial charge in [-0.1, -0.05) is 6.07 Å². The van der Waals surface area contributed by atoms with E-state index in [0.717, 1.165) is 18.8 Å². The summed E-state index contributed by atoms with van der Waals surface area (Å²) < 4.78 is 7.58. The van der Waals surface area contributed by atoms with E-state index in [4.69, 9.17) is 4.74 Å². The quantitative estimate of drug-likeness (QED) is 0.930. The van der Waals surface area contributed by atoms with Crippen LogP contribution in [-0.4, -0.2) is 50.7 Å². The SMILES string of the molecule is CC1CN(Cc2c(C(=O)O)nc3ccccn23)CC(C)O1. The number of carbonyl (C=O) groups is 1. The lowest BCUT2D eigenvalue weighted by molar-refractivity contribution is -0.0708. The van der Waals surface area contributed by atoms with Gasteiger partial charge in [0.15, 0.2) is 5.69 Å². The Labute approximate surface area is 123 Å². The third kappa shape index (κ3) is 2.77. The summed E-state index contributed by atoms with van der Waals surface area (Å²) in [5.41, 5.74) is 1.52. The lowest BCUT2D eigenvalue weighted by Gasteiger charge is -2.35. The second-order valence-electron chi connectivity index (χ2n) is 5.59. The van der Waals surface area contributed by atoms with Crippen LogP contribution in [0, 0.1) is 0 Å². The number of nitrogens with zero attached hydrogens (tertiary/aromatic N) is 3. The molecule has 1 saturated heterocycles. The van der Waals surface area contributed by atoms with E-state index in [9.17, 15) is 9.90 Å². The minimum absolute atomic E-state index is 0.132. The van der Waals surface area contributed by atoms with E-state index in [1.165, 1.54) is 0 Å². The van der Waals surface area contributed by atoms with Crippen molar-refractivity contribution in [2.45, 2.75) is 32.6 Å². The summed E-state index contributed by atoms with van der Waals surface area (Å²) in [5, 5.41) is 9.38. The van der Waals surface area contributed by atoms with Gasteiger partial charge in [-0.2, -0.15) is 0 Å². The van der Waals surface area contributed by atoms with Crippen LogP contribution in [-0.2, 0) is 11.3 Å². The standard InChI is InChI=1S/C15H19N3O3/c1-10-7-17(8-11(2)21-10)9-12-14(15(19)20)16-13-5-3-4-6-18(12)13/h3-6,10-11H,7-9H2,1-2H3,(H,19,20). The first-order valence-electron chi connectivity index (χ1n) is 7.11. The molecule has 0 spiro atoms. The van der Waals surface area contributed by atoms with Crippen LogP contribution in [0.5, 0.6) is 0 Å². The Hall–Kier alpha value is -1.92. The fraction of sp³-hybridized carbons (Fsp3) is 0.467. The van der Waals surface area contributed by atoms with Gasteiger partial charge in [-0.3, -0.25) is 4.90 Å². The van der Waals surface area contributed by atoms with Crippen molar-refractivity contribution >= 4 is 11.6 Å². The average molecular weight is 289 g/mol. The fourth-order valence-corrected chi connectivity index (χ4v) is 2.99. The fourth-order valence-electron chi connectivity index (χ4n) is 2.99. The van der Waals surface area contributed by atoms with Crippen LogP contribution in [0.2, 0.25) is 0 Å². The van der Waals surface area contributed by atoms with E-state index in [-0.39, 0.29) is 17.9 Å². The van der Waals surface area contributed by atoms with Crippen LogP contribution in [0.25, 0.3) is 5.65 Å². The minimum Gasteiger partial charge on any atom is -0.476 e. The predicted octanol–water partition coefficient (Wildman–Crippen LogP) is 1.64. The van der Waals surface area contributed by atoms with Gasteiger partial charge in [0.1, 0.15) is 5.65 Å². The van der Waals surface area contributed by atoms with Gasteiger partial charge in [0, 0.05) is 25.8 Å². The van der Waals surface area contributed by atoms with E-state index < -0.39 is 5.97 Å². The van der Waals surface area contributed by atoms with E-state index in [1.54, 1.807) is 0 Å². The Morgan fingerprint density at radius 1 is 1.38 bits per heavy atom. The van der Waals surface area contributed by atoms with Gasteiger partial charge in [0.25, 0.3) is 0 Å². The smallest absolute Gasteiger partial charge is 0.356 e. The summed E-state index contributed by atoms with van der Waals surface area (Å²) in [5.74, 6) is -0.983. The van der Waals surface area contributed by atoms with Crippen LogP contribution < -0.4 is 0 Å². The number of aromatic nitrogens is 2. The summed E-state index contributed by atoms with van der Waals surface area (Å²) in [6.07, 6.45) is 2.17. The number of fused-ring (bicyclic) bond motifs is 1. The molecule has 3 heterocycles. The molecule has 1 aliphatic heterocycles. The number of morpholine rings is 1. The van der Waals surface area contributed by atoms with Crippen molar-refractivity contribution < 1.29 is 14.6 Å². The van der Waals surface area contributed by atoms with Crippen molar-refractivity contribution in [3.63, 3.8) is 0 Å². The molecule has 1 N–H and O–H groups in total. The molecule has 1 fully saturated rings. The first-order valence-corrected chi connectivity index (χ1v) is 7.11. The Bertz CT molecular complexity index is 657. The molecule has 0 aliphatic carbocycles. The summed E-state index contributed by atoms with van der Waals surface area (Å²) in [4.78, 5) is 17.9. The largest absolute Gasteiger partial charge is 0.476 e. The highest BCUT2D eigenvalue weighted by Crippen LogP contribution is 2.18. The van der Waals surface area contributed by atoms with Gasteiger partial charge >= 0.3 is 5.97 Å². The zero-order valence-electron chi connectivity index (χ0n) is 12.2. The number of hydrogen-bond donors (Lipinski definition) is 1. The van der Waals surface area contributed by atoms with E-state index in [2.05, 4.69) is 9.88 Å². The van der Waals surface area contributed by atoms with Crippen molar-refractivity contribution in [2.75, 3.05) is 13.1 Å². The number of rotatable bonds is 3. The van der Waals surface area contributed by atoms with Gasteiger partial charge in [-0.15, -0.1) is 0 Å². The molecular weight excluding hydrogens is 270 g/mol. The molecule has 2 aromatic heterocycles. The van der Waals surface area contributed by atoms with E-state index in [1.807, 2.05) is 42.6 Å². The molecule has 112 valence electrons. The minimum atomic E-state index is -0.983. The molecule has 0 saturated carbocycles. The zero-order chi connectivity index (χ0) is 15.0. The van der Waals surface area contributed by atoms with Crippen LogP contribution in [0.1, 0.15) is 30.0 Å². The number of imidazole rings is 1. The van der Waals surface area contributed by atoms with Crippen molar-refractivity contribution in [3.8, 4) is 0 Å². The number of pyridine rings is 1. The van der Waals surface area contributed by atoms with Crippen molar-refractivity contribution in [1.82, 2.24) is 14.3 Å². The second-order valence-corrected chi connectivity index (χ2v) is 5.59. The monoisotopic (exact) mass is 289 g/mol. The summed E-state index contributed by atoms with van der Waals surface area (Å²) in [7, 11) is 0. The van der Waals surface area contributed by atoms with Crippen LogP contribution in [0.4, 0.5) is 0 Å². The highest BCUT2D eigenvalue weighted by molar-refractivity contribution is 5.87. The molecule has 2 aromatic rings. The maximum atomic E-state index is 11.4. The third-order valence-corrected chi connectivity index (χ3v) is 3.70. The highest BCUT2D eigenvalue weighted by atomic mass is 16.5. The molecule has 1 aliphatic rings. The highest BCUT2D eigenvalue weighted by Gasteiger charge is 2.26. The van der Waals surface area contributed by atoms with Gasteiger partial charge in [-0.25, -0.2) is 9.78 Å². The lowest BCUT2D eigenvalue weighted by atomic mass is 10.2. The average Bonchev–Trinajstić information content (AvgIpc) is 2.77. The Balaban J connectivity index is 1.95.